The van der Waals surface area contributed by atoms with Crippen molar-refractivity contribution in [3.8, 4) is 5.88 Å². The summed E-state index contributed by atoms with van der Waals surface area (Å²) in [5.74, 6) is 1.06. The molecule has 0 amide bonds. The van der Waals surface area contributed by atoms with Crippen LogP contribution in [-0.2, 0) is 9.47 Å². The maximum Gasteiger partial charge on any atom is 0.242 e. The molecule has 0 fully saturated rings. The summed E-state index contributed by atoms with van der Waals surface area (Å²) >= 11 is 0. The molecule has 0 radical (unpaired) electrons. The Bertz CT molecular complexity index is 390. The van der Waals surface area contributed by atoms with Gasteiger partial charge in [0.15, 0.2) is 5.82 Å². The second kappa shape index (κ2) is 11.1. The lowest BCUT2D eigenvalue weighted by atomic mass is 10.3. The number of unbranched alkanes of at least 4 members (excludes halogenated alkanes) is 1. The molecule has 0 bridgehead atoms. The summed E-state index contributed by atoms with van der Waals surface area (Å²) in [6, 6.07) is 0. The number of hydrogen-bond acceptors (Lipinski definition) is 7. The molecule has 1 heterocycles. The van der Waals surface area contributed by atoms with Crippen LogP contribution in [0.3, 0.4) is 0 Å². The minimum atomic E-state index is 0.442. The van der Waals surface area contributed by atoms with Crippen molar-refractivity contribution in [1.29, 1.82) is 0 Å². The Labute approximate surface area is 126 Å². The molecule has 7 heteroatoms. The second-order valence-electron chi connectivity index (χ2n) is 4.53. The van der Waals surface area contributed by atoms with Gasteiger partial charge in [0.2, 0.25) is 5.88 Å². The van der Waals surface area contributed by atoms with E-state index in [9.17, 15) is 0 Å². The van der Waals surface area contributed by atoms with Gasteiger partial charge in [-0.2, -0.15) is 4.98 Å². The van der Waals surface area contributed by atoms with Gasteiger partial charge in [0.25, 0.3) is 0 Å². The molecule has 1 aromatic rings. The molecule has 0 spiro atoms. The number of anilines is 2. The number of ether oxygens (including phenoxy) is 3. The van der Waals surface area contributed by atoms with E-state index in [2.05, 4.69) is 15.3 Å². The first-order chi connectivity index (χ1) is 10.3. The Morgan fingerprint density at radius 1 is 1.14 bits per heavy atom. The van der Waals surface area contributed by atoms with Gasteiger partial charge in [0, 0.05) is 20.3 Å². The van der Waals surface area contributed by atoms with Gasteiger partial charge in [0.1, 0.15) is 12.0 Å². The van der Waals surface area contributed by atoms with Crippen LogP contribution in [0.25, 0.3) is 0 Å². The Morgan fingerprint density at radius 3 is 2.76 bits per heavy atom. The Morgan fingerprint density at radius 2 is 2.00 bits per heavy atom. The number of nitrogens with two attached hydrogens (primary N) is 1. The summed E-state index contributed by atoms with van der Waals surface area (Å²) in [6.45, 7) is 5.42. The average Bonchev–Trinajstić information content (AvgIpc) is 2.50. The van der Waals surface area contributed by atoms with Crippen LogP contribution in [0, 0.1) is 0 Å². The smallest absolute Gasteiger partial charge is 0.242 e. The number of nitrogens with zero attached hydrogens (tertiary/aromatic N) is 2. The highest BCUT2D eigenvalue weighted by molar-refractivity contribution is 5.66. The first-order valence-electron chi connectivity index (χ1n) is 7.33. The number of nitrogen functional groups attached to an aromatic ring is 1. The third kappa shape index (κ3) is 7.10. The van der Waals surface area contributed by atoms with Crippen LogP contribution in [0.1, 0.15) is 26.2 Å². The Kier molecular flexibility index (Phi) is 9.23. The highest BCUT2D eigenvalue weighted by atomic mass is 16.5. The number of nitrogens with one attached hydrogen (secondary N) is 1. The summed E-state index contributed by atoms with van der Waals surface area (Å²) in [7, 11) is 1.66. The largest absolute Gasteiger partial charge is 0.476 e. The van der Waals surface area contributed by atoms with Gasteiger partial charge in [-0.1, -0.05) is 6.92 Å². The zero-order valence-electron chi connectivity index (χ0n) is 12.9. The molecule has 120 valence electrons. The zero-order chi connectivity index (χ0) is 15.3. The number of rotatable bonds is 12. The first kappa shape index (κ1) is 17.5. The van der Waals surface area contributed by atoms with Crippen molar-refractivity contribution >= 4 is 11.5 Å². The summed E-state index contributed by atoms with van der Waals surface area (Å²) < 4.78 is 15.8. The maximum atomic E-state index is 5.97. The van der Waals surface area contributed by atoms with Crippen molar-refractivity contribution < 1.29 is 14.2 Å². The van der Waals surface area contributed by atoms with Gasteiger partial charge in [-0.05, 0) is 19.3 Å². The molecule has 0 saturated carbocycles. The van der Waals surface area contributed by atoms with Crippen LogP contribution in [0.5, 0.6) is 5.88 Å². The van der Waals surface area contributed by atoms with E-state index in [1.807, 2.05) is 6.92 Å². The molecule has 3 N–H and O–H groups in total. The van der Waals surface area contributed by atoms with Gasteiger partial charge in [-0.25, -0.2) is 4.98 Å². The summed E-state index contributed by atoms with van der Waals surface area (Å²) in [4.78, 5) is 8.16. The Hall–Kier alpha value is -1.60. The normalized spacial score (nSPS) is 10.6. The van der Waals surface area contributed by atoms with Crippen LogP contribution in [0.2, 0.25) is 0 Å². The lowest BCUT2D eigenvalue weighted by Gasteiger charge is -2.11. The van der Waals surface area contributed by atoms with Crippen molar-refractivity contribution in [2.75, 3.05) is 51.1 Å². The van der Waals surface area contributed by atoms with E-state index in [1.54, 1.807) is 7.11 Å². The van der Waals surface area contributed by atoms with E-state index in [-0.39, 0.29) is 0 Å². The second-order valence-corrected chi connectivity index (χ2v) is 4.53. The predicted molar refractivity (Wildman–Crippen MR) is 82.6 cm³/mol. The van der Waals surface area contributed by atoms with Crippen LogP contribution >= 0.6 is 0 Å². The van der Waals surface area contributed by atoms with Gasteiger partial charge in [-0.15, -0.1) is 0 Å². The minimum absolute atomic E-state index is 0.442. The molecule has 0 unspecified atom stereocenters. The highest BCUT2D eigenvalue weighted by Gasteiger charge is 2.08. The standard InChI is InChI=1S/C14H26N4O3/c1-3-7-21-14-12(15)13(17-11-18-14)16-6-4-5-8-20-10-9-19-2/h11H,3-10,15H2,1-2H3,(H,16,17,18). The molecule has 0 atom stereocenters. The third-order valence-corrected chi connectivity index (χ3v) is 2.73. The van der Waals surface area contributed by atoms with Gasteiger partial charge >= 0.3 is 0 Å². The van der Waals surface area contributed by atoms with Crippen molar-refractivity contribution in [3.63, 3.8) is 0 Å². The van der Waals surface area contributed by atoms with E-state index in [1.165, 1.54) is 6.33 Å². The number of aromatic nitrogens is 2. The maximum absolute atomic E-state index is 5.97. The van der Waals surface area contributed by atoms with E-state index in [4.69, 9.17) is 19.9 Å². The van der Waals surface area contributed by atoms with Crippen molar-refractivity contribution in [3.05, 3.63) is 6.33 Å². The first-order valence-corrected chi connectivity index (χ1v) is 7.33. The molecule has 0 aliphatic carbocycles. The molecule has 0 aliphatic rings. The molecular weight excluding hydrogens is 272 g/mol. The monoisotopic (exact) mass is 298 g/mol. The Balaban J connectivity index is 2.22. The molecular formula is C14H26N4O3. The summed E-state index contributed by atoms with van der Waals surface area (Å²) in [5, 5.41) is 3.20. The molecule has 1 aromatic heterocycles. The van der Waals surface area contributed by atoms with E-state index in [0.717, 1.165) is 32.4 Å². The van der Waals surface area contributed by atoms with Crippen molar-refractivity contribution in [1.82, 2.24) is 9.97 Å². The predicted octanol–water partition coefficient (Wildman–Crippen LogP) is 1.70. The summed E-state index contributed by atoms with van der Waals surface area (Å²) in [6.07, 6.45) is 4.31. The van der Waals surface area contributed by atoms with E-state index < -0.39 is 0 Å². The molecule has 7 nitrogen and oxygen atoms in total. The van der Waals surface area contributed by atoms with E-state index in [0.29, 0.717) is 37.2 Å². The highest BCUT2D eigenvalue weighted by Crippen LogP contribution is 2.24. The third-order valence-electron chi connectivity index (χ3n) is 2.73. The fourth-order valence-electron chi connectivity index (χ4n) is 1.61. The molecule has 21 heavy (non-hydrogen) atoms. The van der Waals surface area contributed by atoms with Crippen LogP contribution < -0.4 is 15.8 Å². The van der Waals surface area contributed by atoms with Gasteiger partial charge in [-0.3, -0.25) is 0 Å². The number of methoxy groups -OCH3 is 1. The fourth-order valence-corrected chi connectivity index (χ4v) is 1.61. The molecule has 1 rings (SSSR count). The molecule has 0 aliphatic heterocycles. The SMILES string of the molecule is CCCOc1ncnc(NCCCCOCCOC)c1N. The van der Waals surface area contributed by atoms with Crippen molar-refractivity contribution in [2.24, 2.45) is 0 Å². The summed E-state index contributed by atoms with van der Waals surface area (Å²) in [5.41, 5.74) is 6.43. The average molecular weight is 298 g/mol. The zero-order valence-corrected chi connectivity index (χ0v) is 12.9. The van der Waals surface area contributed by atoms with Crippen LogP contribution in [-0.4, -0.2) is 50.1 Å². The molecule has 0 saturated heterocycles. The van der Waals surface area contributed by atoms with E-state index >= 15 is 0 Å². The van der Waals surface area contributed by atoms with Gasteiger partial charge in [0.05, 0.1) is 19.8 Å². The molecule has 0 aromatic carbocycles. The van der Waals surface area contributed by atoms with Gasteiger partial charge < -0.3 is 25.3 Å². The minimum Gasteiger partial charge on any atom is -0.476 e. The van der Waals surface area contributed by atoms with Crippen molar-refractivity contribution in [2.45, 2.75) is 26.2 Å². The lowest BCUT2D eigenvalue weighted by Crippen LogP contribution is -2.10. The fraction of sp³-hybridized carbons (Fsp3) is 0.714. The van der Waals surface area contributed by atoms with Crippen LogP contribution in [0.4, 0.5) is 11.5 Å². The lowest BCUT2D eigenvalue weighted by molar-refractivity contribution is 0.0691. The quantitative estimate of drug-likeness (QED) is 0.567. The van der Waals surface area contributed by atoms with Crippen LogP contribution in [0.15, 0.2) is 6.33 Å². The topological polar surface area (TPSA) is 91.5 Å². The number of hydrogen-bond donors (Lipinski definition) is 2.